The van der Waals surface area contributed by atoms with Crippen molar-refractivity contribution in [1.29, 1.82) is 0 Å². The number of amides is 2. The van der Waals surface area contributed by atoms with Gasteiger partial charge in [0.15, 0.2) is 0 Å². The SMILES string of the molecule is CCC1(NC(=O)C2CCN(C(=O)C(C)(C)C)CC2)CCC1. The van der Waals surface area contributed by atoms with Gasteiger partial charge < -0.3 is 10.2 Å². The van der Waals surface area contributed by atoms with Crippen LogP contribution in [-0.4, -0.2) is 35.3 Å². The molecule has 0 aromatic heterocycles. The van der Waals surface area contributed by atoms with Crippen LogP contribution in [0.3, 0.4) is 0 Å². The Morgan fingerprint density at radius 3 is 2.14 bits per heavy atom. The molecule has 2 aliphatic rings. The molecule has 0 bridgehead atoms. The number of likely N-dealkylation sites (tertiary alicyclic amines) is 1. The van der Waals surface area contributed by atoms with Gasteiger partial charge in [0, 0.05) is 30.0 Å². The molecule has 0 atom stereocenters. The summed E-state index contributed by atoms with van der Waals surface area (Å²) in [5.41, 5.74) is -0.247. The van der Waals surface area contributed by atoms with Crippen LogP contribution in [0.4, 0.5) is 0 Å². The molecule has 2 amide bonds. The van der Waals surface area contributed by atoms with Crippen molar-refractivity contribution in [3.63, 3.8) is 0 Å². The van der Waals surface area contributed by atoms with Crippen LogP contribution in [-0.2, 0) is 9.59 Å². The van der Waals surface area contributed by atoms with Gasteiger partial charge in [-0.2, -0.15) is 0 Å². The van der Waals surface area contributed by atoms with E-state index >= 15 is 0 Å². The Hall–Kier alpha value is -1.06. The van der Waals surface area contributed by atoms with Gasteiger partial charge in [-0.25, -0.2) is 0 Å². The summed E-state index contributed by atoms with van der Waals surface area (Å²) in [4.78, 5) is 26.6. The van der Waals surface area contributed by atoms with Gasteiger partial charge in [-0.15, -0.1) is 0 Å². The van der Waals surface area contributed by atoms with Gasteiger partial charge in [0.2, 0.25) is 11.8 Å². The third kappa shape index (κ3) is 3.58. The number of piperidine rings is 1. The number of nitrogens with zero attached hydrogens (tertiary/aromatic N) is 1. The lowest BCUT2D eigenvalue weighted by Crippen LogP contribution is -2.55. The van der Waals surface area contributed by atoms with Crippen LogP contribution in [0.5, 0.6) is 0 Å². The smallest absolute Gasteiger partial charge is 0.227 e. The summed E-state index contributed by atoms with van der Waals surface area (Å²) in [6, 6.07) is 0. The van der Waals surface area contributed by atoms with E-state index in [0.717, 1.165) is 32.1 Å². The molecule has 0 radical (unpaired) electrons. The first-order valence-electron chi connectivity index (χ1n) is 8.39. The van der Waals surface area contributed by atoms with Crippen LogP contribution < -0.4 is 5.32 Å². The fourth-order valence-corrected chi connectivity index (χ4v) is 3.35. The Morgan fingerprint density at radius 1 is 1.19 bits per heavy atom. The maximum atomic E-state index is 12.4. The van der Waals surface area contributed by atoms with Gasteiger partial charge in [0.25, 0.3) is 0 Å². The Bertz CT molecular complexity index is 394. The molecular formula is C17H30N2O2. The average Bonchev–Trinajstić information content (AvgIpc) is 2.41. The lowest BCUT2D eigenvalue weighted by molar-refractivity contribution is -0.143. The normalized spacial score (nSPS) is 22.6. The van der Waals surface area contributed by atoms with Crippen LogP contribution in [0.15, 0.2) is 0 Å². The van der Waals surface area contributed by atoms with E-state index in [9.17, 15) is 9.59 Å². The fraction of sp³-hybridized carbons (Fsp3) is 0.882. The lowest BCUT2D eigenvalue weighted by Gasteiger charge is -2.43. The molecule has 1 aliphatic heterocycles. The first-order chi connectivity index (χ1) is 9.77. The summed E-state index contributed by atoms with van der Waals surface area (Å²) in [6.45, 7) is 9.45. The van der Waals surface area contributed by atoms with Crippen molar-refractivity contribution in [2.24, 2.45) is 11.3 Å². The number of carbonyl (C=O) groups is 2. The number of rotatable bonds is 3. The summed E-state index contributed by atoms with van der Waals surface area (Å²) >= 11 is 0. The van der Waals surface area contributed by atoms with Crippen molar-refractivity contribution >= 4 is 11.8 Å². The third-order valence-corrected chi connectivity index (χ3v) is 5.17. The van der Waals surface area contributed by atoms with Gasteiger partial charge in [-0.05, 0) is 38.5 Å². The van der Waals surface area contributed by atoms with Crippen molar-refractivity contribution in [3.8, 4) is 0 Å². The van der Waals surface area contributed by atoms with E-state index in [4.69, 9.17) is 0 Å². The van der Waals surface area contributed by atoms with Gasteiger partial charge in [0.1, 0.15) is 0 Å². The molecule has 1 N–H and O–H groups in total. The van der Waals surface area contributed by atoms with Gasteiger partial charge in [-0.1, -0.05) is 27.7 Å². The highest BCUT2D eigenvalue weighted by molar-refractivity contribution is 5.83. The number of hydrogen-bond donors (Lipinski definition) is 1. The molecule has 2 fully saturated rings. The van der Waals surface area contributed by atoms with Crippen LogP contribution in [0.2, 0.25) is 0 Å². The first-order valence-corrected chi connectivity index (χ1v) is 8.39. The molecule has 4 nitrogen and oxygen atoms in total. The zero-order valence-electron chi connectivity index (χ0n) is 14.0. The highest BCUT2D eigenvalue weighted by Gasteiger charge is 2.39. The van der Waals surface area contributed by atoms with E-state index in [-0.39, 0.29) is 28.7 Å². The number of nitrogens with one attached hydrogen (secondary N) is 1. The maximum Gasteiger partial charge on any atom is 0.227 e. The Labute approximate surface area is 128 Å². The topological polar surface area (TPSA) is 49.4 Å². The van der Waals surface area contributed by atoms with Crippen LogP contribution in [0.1, 0.15) is 66.2 Å². The summed E-state index contributed by atoms with van der Waals surface area (Å²) in [5, 5.41) is 3.28. The zero-order chi connectivity index (χ0) is 15.7. The minimum atomic E-state index is -0.326. The molecule has 0 spiro atoms. The molecule has 0 aromatic rings. The molecule has 120 valence electrons. The highest BCUT2D eigenvalue weighted by atomic mass is 16.2. The second-order valence-corrected chi connectivity index (χ2v) is 7.79. The van der Waals surface area contributed by atoms with E-state index in [1.54, 1.807) is 0 Å². The molecule has 0 aromatic carbocycles. The second-order valence-electron chi connectivity index (χ2n) is 7.79. The summed E-state index contributed by atoms with van der Waals surface area (Å²) in [7, 11) is 0. The molecule has 1 heterocycles. The molecule has 1 saturated carbocycles. The molecule has 1 saturated heterocycles. The predicted octanol–water partition coefficient (Wildman–Crippen LogP) is 2.72. The molecule has 0 unspecified atom stereocenters. The van der Waals surface area contributed by atoms with Crippen LogP contribution >= 0.6 is 0 Å². The fourth-order valence-electron chi connectivity index (χ4n) is 3.35. The number of carbonyl (C=O) groups excluding carboxylic acids is 2. The van der Waals surface area contributed by atoms with Gasteiger partial charge in [-0.3, -0.25) is 9.59 Å². The summed E-state index contributed by atoms with van der Waals surface area (Å²) in [6.07, 6.45) is 6.10. The molecular weight excluding hydrogens is 264 g/mol. The summed E-state index contributed by atoms with van der Waals surface area (Å²) < 4.78 is 0. The van der Waals surface area contributed by atoms with Crippen molar-refractivity contribution in [1.82, 2.24) is 10.2 Å². The van der Waals surface area contributed by atoms with Crippen LogP contribution in [0.25, 0.3) is 0 Å². The standard InChI is InChI=1S/C17H30N2O2/c1-5-17(9-6-10-17)18-14(20)13-7-11-19(12-8-13)15(21)16(2,3)4/h13H,5-12H2,1-4H3,(H,18,20). The summed E-state index contributed by atoms with van der Waals surface area (Å²) in [5.74, 6) is 0.489. The third-order valence-electron chi connectivity index (χ3n) is 5.17. The average molecular weight is 294 g/mol. The molecule has 4 heteroatoms. The Kier molecular flexibility index (Phi) is 4.64. The largest absolute Gasteiger partial charge is 0.350 e. The van der Waals surface area contributed by atoms with Gasteiger partial charge in [0.05, 0.1) is 0 Å². The quantitative estimate of drug-likeness (QED) is 0.870. The van der Waals surface area contributed by atoms with E-state index in [0.29, 0.717) is 13.1 Å². The number of hydrogen-bond acceptors (Lipinski definition) is 2. The van der Waals surface area contributed by atoms with E-state index < -0.39 is 0 Å². The Morgan fingerprint density at radius 2 is 1.76 bits per heavy atom. The minimum Gasteiger partial charge on any atom is -0.350 e. The Balaban J connectivity index is 1.83. The van der Waals surface area contributed by atoms with Crippen molar-refractivity contribution in [2.75, 3.05) is 13.1 Å². The van der Waals surface area contributed by atoms with E-state index in [1.165, 1.54) is 6.42 Å². The van der Waals surface area contributed by atoms with Crippen molar-refractivity contribution in [3.05, 3.63) is 0 Å². The van der Waals surface area contributed by atoms with Crippen LogP contribution in [0, 0.1) is 11.3 Å². The molecule has 21 heavy (non-hydrogen) atoms. The van der Waals surface area contributed by atoms with Crippen molar-refractivity contribution < 1.29 is 9.59 Å². The zero-order valence-corrected chi connectivity index (χ0v) is 14.0. The monoisotopic (exact) mass is 294 g/mol. The van der Waals surface area contributed by atoms with Gasteiger partial charge >= 0.3 is 0 Å². The lowest BCUT2D eigenvalue weighted by atomic mass is 9.74. The van der Waals surface area contributed by atoms with Crippen molar-refractivity contribution in [2.45, 2.75) is 71.8 Å². The first kappa shape index (κ1) is 16.3. The molecule has 2 rings (SSSR count). The maximum absolute atomic E-state index is 12.4. The second kappa shape index (κ2) is 5.98. The molecule has 1 aliphatic carbocycles. The minimum absolute atomic E-state index is 0.0788. The van der Waals surface area contributed by atoms with E-state index in [1.807, 2.05) is 25.7 Å². The van der Waals surface area contributed by atoms with E-state index in [2.05, 4.69) is 12.2 Å². The predicted molar refractivity (Wildman–Crippen MR) is 83.8 cm³/mol. The highest BCUT2D eigenvalue weighted by Crippen LogP contribution is 2.35.